The van der Waals surface area contributed by atoms with Gasteiger partial charge in [0.15, 0.2) is 6.61 Å². The molecule has 0 unspecified atom stereocenters. The second-order valence-electron chi connectivity index (χ2n) is 7.05. The highest BCUT2D eigenvalue weighted by atomic mass is 79.9. The van der Waals surface area contributed by atoms with Crippen molar-refractivity contribution >= 4 is 27.7 Å². The van der Waals surface area contributed by atoms with E-state index < -0.39 is 0 Å². The number of benzene rings is 2. The molecule has 3 rings (SSSR count). The molecule has 2 amide bonds. The minimum Gasteiger partial charge on any atom is -0.508 e. The van der Waals surface area contributed by atoms with Gasteiger partial charge in [0.1, 0.15) is 17.2 Å². The number of nitrogens with zero attached hydrogens (tertiary/aromatic N) is 2. The van der Waals surface area contributed by atoms with Crippen LogP contribution in [0.15, 0.2) is 46.9 Å². The normalized spacial score (nSPS) is 13.8. The van der Waals surface area contributed by atoms with Crippen LogP contribution in [-0.4, -0.2) is 66.1 Å². The van der Waals surface area contributed by atoms with Crippen LogP contribution >= 0.6 is 15.9 Å². The zero-order chi connectivity index (χ0) is 21.5. The van der Waals surface area contributed by atoms with Gasteiger partial charge in [-0.1, -0.05) is 15.9 Å². The van der Waals surface area contributed by atoms with E-state index in [-0.39, 0.29) is 24.2 Å². The van der Waals surface area contributed by atoms with Gasteiger partial charge in [-0.2, -0.15) is 0 Å². The number of carbonyl (C=O) groups is 2. The summed E-state index contributed by atoms with van der Waals surface area (Å²) in [6, 6.07) is 11.9. The number of rotatable bonds is 7. The third-order valence-corrected chi connectivity index (χ3v) is 5.79. The molecule has 0 atom stereocenters. The molecule has 2 aromatic carbocycles. The van der Waals surface area contributed by atoms with Gasteiger partial charge in [0.05, 0.1) is 13.0 Å². The van der Waals surface area contributed by atoms with Gasteiger partial charge in [-0.05, 0) is 55.0 Å². The third kappa shape index (κ3) is 6.13. The van der Waals surface area contributed by atoms with Gasteiger partial charge in [0.2, 0.25) is 5.91 Å². The average molecular weight is 477 g/mol. The Hall–Kier alpha value is -2.74. The topological polar surface area (TPSA) is 79.3 Å². The van der Waals surface area contributed by atoms with Gasteiger partial charge in [0.25, 0.3) is 5.91 Å². The summed E-state index contributed by atoms with van der Waals surface area (Å²) in [6.07, 6.45) is 0.299. The number of aromatic hydroxyl groups is 1. The van der Waals surface area contributed by atoms with Crippen molar-refractivity contribution in [1.29, 1.82) is 0 Å². The molecule has 0 bridgehead atoms. The summed E-state index contributed by atoms with van der Waals surface area (Å²) in [6.45, 7) is 4.20. The summed E-state index contributed by atoms with van der Waals surface area (Å²) in [7, 11) is 0. The first-order valence-corrected chi connectivity index (χ1v) is 10.6. The number of hydrogen-bond donors (Lipinski definition) is 1. The SMILES string of the molecule is Cc1cc(OCCC(=O)N2CCN(C(=O)COc3ccc(O)cc3)CC2)ccc1Br. The van der Waals surface area contributed by atoms with Crippen LogP contribution in [0.5, 0.6) is 17.2 Å². The molecule has 0 spiro atoms. The smallest absolute Gasteiger partial charge is 0.260 e. The molecule has 1 saturated heterocycles. The molecule has 7 nitrogen and oxygen atoms in total. The Morgan fingerprint density at radius 1 is 0.933 bits per heavy atom. The van der Waals surface area contributed by atoms with Crippen LogP contribution in [0.1, 0.15) is 12.0 Å². The van der Waals surface area contributed by atoms with E-state index in [1.807, 2.05) is 25.1 Å². The Bertz CT molecular complexity index is 880. The van der Waals surface area contributed by atoms with Gasteiger partial charge < -0.3 is 24.4 Å². The first-order valence-electron chi connectivity index (χ1n) is 9.79. The third-order valence-electron chi connectivity index (χ3n) is 4.90. The number of carbonyl (C=O) groups excluding carboxylic acids is 2. The van der Waals surface area contributed by atoms with Crippen molar-refractivity contribution in [2.45, 2.75) is 13.3 Å². The Morgan fingerprint density at radius 2 is 1.53 bits per heavy atom. The maximum absolute atomic E-state index is 12.4. The fourth-order valence-corrected chi connectivity index (χ4v) is 3.35. The first-order chi connectivity index (χ1) is 14.4. The molecule has 0 radical (unpaired) electrons. The highest BCUT2D eigenvalue weighted by Crippen LogP contribution is 2.21. The Kier molecular flexibility index (Phi) is 7.57. The molecule has 2 aromatic rings. The molecule has 0 saturated carbocycles. The highest BCUT2D eigenvalue weighted by molar-refractivity contribution is 9.10. The lowest BCUT2D eigenvalue weighted by Gasteiger charge is -2.34. The standard InChI is InChI=1S/C22H25BrN2O5/c1-16-14-19(6-7-20(16)23)29-13-8-21(27)24-9-11-25(12-10-24)22(28)15-30-18-4-2-17(26)3-5-18/h2-7,14,26H,8-13,15H2,1H3. The van der Waals surface area contributed by atoms with Crippen molar-refractivity contribution in [3.8, 4) is 17.2 Å². The van der Waals surface area contributed by atoms with Gasteiger partial charge >= 0.3 is 0 Å². The lowest BCUT2D eigenvalue weighted by molar-refractivity contribution is -0.141. The van der Waals surface area contributed by atoms with E-state index in [1.54, 1.807) is 21.9 Å². The predicted molar refractivity (Wildman–Crippen MR) is 116 cm³/mol. The predicted octanol–water partition coefficient (Wildman–Crippen LogP) is 2.98. The van der Waals surface area contributed by atoms with Gasteiger partial charge in [-0.25, -0.2) is 0 Å². The number of aryl methyl sites for hydroxylation is 1. The Labute approximate surface area is 184 Å². The van der Waals surface area contributed by atoms with E-state index in [2.05, 4.69) is 15.9 Å². The average Bonchev–Trinajstić information content (AvgIpc) is 2.75. The van der Waals surface area contributed by atoms with E-state index in [0.717, 1.165) is 15.8 Å². The van der Waals surface area contributed by atoms with E-state index in [0.29, 0.717) is 45.0 Å². The van der Waals surface area contributed by atoms with Crippen molar-refractivity contribution in [3.05, 3.63) is 52.5 Å². The molecule has 160 valence electrons. The monoisotopic (exact) mass is 476 g/mol. The zero-order valence-corrected chi connectivity index (χ0v) is 18.4. The number of phenolic OH excluding ortho intramolecular Hbond substituents is 1. The summed E-state index contributed by atoms with van der Waals surface area (Å²) >= 11 is 3.45. The lowest BCUT2D eigenvalue weighted by Crippen LogP contribution is -2.51. The maximum atomic E-state index is 12.4. The van der Waals surface area contributed by atoms with Crippen molar-refractivity contribution in [2.75, 3.05) is 39.4 Å². The van der Waals surface area contributed by atoms with E-state index in [9.17, 15) is 14.7 Å². The molecule has 1 heterocycles. The molecule has 30 heavy (non-hydrogen) atoms. The van der Waals surface area contributed by atoms with Crippen molar-refractivity contribution < 1.29 is 24.2 Å². The molecule has 0 aliphatic carbocycles. The largest absolute Gasteiger partial charge is 0.508 e. The number of piperazine rings is 1. The second kappa shape index (κ2) is 10.3. The minimum atomic E-state index is -0.121. The number of hydrogen-bond acceptors (Lipinski definition) is 5. The first kappa shape index (κ1) is 22.0. The van der Waals surface area contributed by atoms with Crippen LogP contribution in [0.2, 0.25) is 0 Å². The van der Waals surface area contributed by atoms with Gasteiger partial charge in [-0.15, -0.1) is 0 Å². The lowest BCUT2D eigenvalue weighted by atomic mass is 10.2. The van der Waals surface area contributed by atoms with Crippen LogP contribution in [0.4, 0.5) is 0 Å². The summed E-state index contributed by atoms with van der Waals surface area (Å²) in [4.78, 5) is 28.2. The van der Waals surface area contributed by atoms with Crippen molar-refractivity contribution in [3.63, 3.8) is 0 Å². The summed E-state index contributed by atoms with van der Waals surface area (Å²) in [5.41, 5.74) is 1.08. The van der Waals surface area contributed by atoms with Crippen LogP contribution < -0.4 is 9.47 Å². The Balaban J connectivity index is 1.36. The zero-order valence-electron chi connectivity index (χ0n) is 16.8. The summed E-state index contributed by atoms with van der Waals surface area (Å²) < 4.78 is 12.2. The van der Waals surface area contributed by atoms with Gasteiger partial charge in [-0.3, -0.25) is 9.59 Å². The summed E-state index contributed by atoms with van der Waals surface area (Å²) in [5, 5.41) is 9.27. The quantitative estimate of drug-likeness (QED) is 0.664. The number of phenols is 1. The van der Waals surface area contributed by atoms with Crippen molar-refractivity contribution in [1.82, 2.24) is 9.80 Å². The number of halogens is 1. The molecule has 1 aliphatic heterocycles. The molecule has 1 aliphatic rings. The van der Waals surface area contributed by atoms with Crippen LogP contribution in [-0.2, 0) is 9.59 Å². The Morgan fingerprint density at radius 3 is 2.17 bits per heavy atom. The molecule has 1 N–H and O–H groups in total. The molecule has 1 fully saturated rings. The second-order valence-corrected chi connectivity index (χ2v) is 7.91. The highest BCUT2D eigenvalue weighted by Gasteiger charge is 2.24. The van der Waals surface area contributed by atoms with Gasteiger partial charge in [0, 0.05) is 30.7 Å². The van der Waals surface area contributed by atoms with Crippen LogP contribution in [0.3, 0.4) is 0 Å². The summed E-state index contributed by atoms with van der Waals surface area (Å²) in [5.74, 6) is 1.32. The van der Waals surface area contributed by atoms with Crippen LogP contribution in [0.25, 0.3) is 0 Å². The van der Waals surface area contributed by atoms with E-state index >= 15 is 0 Å². The fourth-order valence-electron chi connectivity index (χ4n) is 3.11. The number of amides is 2. The minimum absolute atomic E-state index is 0.0243. The number of ether oxygens (including phenoxy) is 2. The van der Waals surface area contributed by atoms with E-state index in [4.69, 9.17) is 9.47 Å². The fraction of sp³-hybridized carbons (Fsp3) is 0.364. The van der Waals surface area contributed by atoms with Crippen molar-refractivity contribution in [2.24, 2.45) is 0 Å². The molecular formula is C22H25BrN2O5. The van der Waals surface area contributed by atoms with E-state index in [1.165, 1.54) is 12.1 Å². The molecule has 8 heteroatoms. The molecular weight excluding hydrogens is 452 g/mol. The van der Waals surface area contributed by atoms with Crippen LogP contribution in [0, 0.1) is 6.92 Å². The molecule has 0 aromatic heterocycles. The maximum Gasteiger partial charge on any atom is 0.260 e.